The van der Waals surface area contributed by atoms with Crippen LogP contribution in [0.5, 0.6) is 0 Å². The Balaban J connectivity index is 2.04. The monoisotopic (exact) mass is 249 g/mol. The van der Waals surface area contributed by atoms with Crippen molar-refractivity contribution in [3.63, 3.8) is 0 Å². The molecule has 0 amide bonds. The van der Waals surface area contributed by atoms with E-state index >= 15 is 0 Å². The predicted molar refractivity (Wildman–Crippen MR) is 77.6 cm³/mol. The topological polar surface area (TPSA) is 22.0 Å². The molecule has 0 radical (unpaired) electrons. The highest BCUT2D eigenvalue weighted by molar-refractivity contribution is 5.97. The Bertz CT molecular complexity index is 740. The first-order chi connectivity index (χ1) is 9.28. The van der Waals surface area contributed by atoms with Gasteiger partial charge in [-0.25, -0.2) is 0 Å². The standard InChI is InChI=1S/C17H15NO/c1-13-4-2-5-14(10-13)11-18-9-8-16-15(12-19)6-3-7-17(16)18/h2-10,12H,11H2,1H3. The van der Waals surface area contributed by atoms with Gasteiger partial charge in [0, 0.05) is 29.2 Å². The molecule has 0 aliphatic carbocycles. The minimum absolute atomic E-state index is 0.750. The van der Waals surface area contributed by atoms with E-state index in [-0.39, 0.29) is 0 Å². The molecule has 0 saturated carbocycles. The Kier molecular flexibility index (Phi) is 2.92. The van der Waals surface area contributed by atoms with Crippen LogP contribution in [0.4, 0.5) is 0 Å². The molecule has 3 rings (SSSR count). The molecule has 0 unspecified atom stereocenters. The summed E-state index contributed by atoms with van der Waals surface area (Å²) in [7, 11) is 0. The second-order valence-corrected chi connectivity index (χ2v) is 4.83. The number of carbonyl (C=O) groups excluding carboxylic acids is 1. The van der Waals surface area contributed by atoms with Gasteiger partial charge < -0.3 is 4.57 Å². The van der Waals surface area contributed by atoms with Crippen molar-refractivity contribution in [1.29, 1.82) is 0 Å². The maximum Gasteiger partial charge on any atom is 0.150 e. The molecule has 0 aliphatic heterocycles. The third kappa shape index (κ3) is 2.17. The van der Waals surface area contributed by atoms with E-state index in [1.165, 1.54) is 11.1 Å². The highest BCUT2D eigenvalue weighted by Gasteiger charge is 2.05. The van der Waals surface area contributed by atoms with E-state index in [0.29, 0.717) is 0 Å². The first kappa shape index (κ1) is 11.7. The molecule has 0 aliphatic rings. The van der Waals surface area contributed by atoms with Crippen molar-refractivity contribution in [3.8, 4) is 0 Å². The number of aldehydes is 1. The third-order valence-electron chi connectivity index (χ3n) is 3.41. The Morgan fingerprint density at radius 3 is 2.74 bits per heavy atom. The number of nitrogens with zero attached hydrogens (tertiary/aromatic N) is 1. The van der Waals surface area contributed by atoms with Crippen molar-refractivity contribution < 1.29 is 4.79 Å². The van der Waals surface area contributed by atoms with Gasteiger partial charge in [-0.15, -0.1) is 0 Å². The summed E-state index contributed by atoms with van der Waals surface area (Å²) in [6.07, 6.45) is 2.96. The molecule has 1 heterocycles. The van der Waals surface area contributed by atoms with Crippen molar-refractivity contribution >= 4 is 17.2 Å². The molecule has 0 fully saturated rings. The second kappa shape index (κ2) is 4.73. The first-order valence-electron chi connectivity index (χ1n) is 6.36. The first-order valence-corrected chi connectivity index (χ1v) is 6.36. The molecule has 94 valence electrons. The highest BCUT2D eigenvalue weighted by Crippen LogP contribution is 2.20. The summed E-state index contributed by atoms with van der Waals surface area (Å²) in [5.41, 5.74) is 4.39. The van der Waals surface area contributed by atoms with E-state index in [4.69, 9.17) is 0 Å². The van der Waals surface area contributed by atoms with Gasteiger partial charge >= 0.3 is 0 Å². The number of hydrogen-bond acceptors (Lipinski definition) is 1. The molecular formula is C17H15NO. The summed E-state index contributed by atoms with van der Waals surface area (Å²) in [5.74, 6) is 0. The molecule has 19 heavy (non-hydrogen) atoms. The lowest BCUT2D eigenvalue weighted by atomic mass is 10.1. The SMILES string of the molecule is Cc1cccc(Cn2ccc3c(C=O)cccc32)c1. The summed E-state index contributed by atoms with van der Waals surface area (Å²) in [5, 5.41) is 1.02. The van der Waals surface area contributed by atoms with Crippen molar-refractivity contribution in [2.24, 2.45) is 0 Å². The van der Waals surface area contributed by atoms with Crippen LogP contribution < -0.4 is 0 Å². The van der Waals surface area contributed by atoms with E-state index in [1.807, 2.05) is 24.4 Å². The van der Waals surface area contributed by atoms with Crippen LogP contribution in [0.1, 0.15) is 21.5 Å². The molecule has 2 nitrogen and oxygen atoms in total. The number of fused-ring (bicyclic) bond motifs is 1. The zero-order chi connectivity index (χ0) is 13.2. The van der Waals surface area contributed by atoms with Gasteiger partial charge in [-0.05, 0) is 24.6 Å². The second-order valence-electron chi connectivity index (χ2n) is 4.83. The highest BCUT2D eigenvalue weighted by atomic mass is 16.1. The lowest BCUT2D eigenvalue weighted by Gasteiger charge is -2.07. The van der Waals surface area contributed by atoms with Crippen molar-refractivity contribution in [3.05, 3.63) is 71.4 Å². The van der Waals surface area contributed by atoms with Crippen molar-refractivity contribution in [2.75, 3.05) is 0 Å². The van der Waals surface area contributed by atoms with E-state index in [2.05, 4.69) is 41.8 Å². The average Bonchev–Trinajstić information content (AvgIpc) is 2.82. The van der Waals surface area contributed by atoms with Crippen LogP contribution in [0.25, 0.3) is 10.9 Å². The minimum Gasteiger partial charge on any atom is -0.343 e. The van der Waals surface area contributed by atoms with E-state index in [9.17, 15) is 4.79 Å². The van der Waals surface area contributed by atoms with Gasteiger partial charge in [0.25, 0.3) is 0 Å². The largest absolute Gasteiger partial charge is 0.343 e. The Hall–Kier alpha value is -2.35. The summed E-state index contributed by atoms with van der Waals surface area (Å²) < 4.78 is 2.18. The average molecular weight is 249 g/mol. The maximum atomic E-state index is 11.0. The molecule has 2 aromatic carbocycles. The van der Waals surface area contributed by atoms with E-state index < -0.39 is 0 Å². The number of benzene rings is 2. The van der Waals surface area contributed by atoms with Crippen LogP contribution in [0, 0.1) is 6.92 Å². The lowest BCUT2D eigenvalue weighted by molar-refractivity contribution is 0.112. The molecular weight excluding hydrogens is 234 g/mol. The molecule has 0 N–H and O–H groups in total. The fourth-order valence-corrected chi connectivity index (χ4v) is 2.50. The van der Waals surface area contributed by atoms with Gasteiger partial charge in [-0.1, -0.05) is 42.0 Å². The normalized spacial score (nSPS) is 10.8. The van der Waals surface area contributed by atoms with Crippen molar-refractivity contribution in [2.45, 2.75) is 13.5 Å². The molecule has 3 aromatic rings. The predicted octanol–water partition coefficient (Wildman–Crippen LogP) is 3.81. The van der Waals surface area contributed by atoms with Gasteiger partial charge in [0.1, 0.15) is 0 Å². The van der Waals surface area contributed by atoms with Crippen LogP contribution in [-0.2, 0) is 6.54 Å². The summed E-state index contributed by atoms with van der Waals surface area (Å²) in [6, 6.07) is 16.3. The van der Waals surface area contributed by atoms with Gasteiger partial charge in [0.05, 0.1) is 0 Å². The fourth-order valence-electron chi connectivity index (χ4n) is 2.50. The van der Waals surface area contributed by atoms with Crippen LogP contribution >= 0.6 is 0 Å². The summed E-state index contributed by atoms with van der Waals surface area (Å²) >= 11 is 0. The minimum atomic E-state index is 0.750. The molecule has 0 saturated heterocycles. The Morgan fingerprint density at radius 1 is 1.11 bits per heavy atom. The zero-order valence-electron chi connectivity index (χ0n) is 10.8. The lowest BCUT2D eigenvalue weighted by Crippen LogP contribution is -1.98. The van der Waals surface area contributed by atoms with Gasteiger partial charge in [-0.2, -0.15) is 0 Å². The maximum absolute atomic E-state index is 11.0. The molecule has 0 bridgehead atoms. The van der Waals surface area contributed by atoms with Gasteiger partial charge in [-0.3, -0.25) is 4.79 Å². The number of carbonyl (C=O) groups is 1. The number of hydrogen-bond donors (Lipinski definition) is 0. The molecule has 0 atom stereocenters. The quantitative estimate of drug-likeness (QED) is 0.647. The third-order valence-corrected chi connectivity index (χ3v) is 3.41. The van der Waals surface area contributed by atoms with Crippen LogP contribution in [-0.4, -0.2) is 10.9 Å². The zero-order valence-corrected chi connectivity index (χ0v) is 10.8. The number of rotatable bonds is 3. The van der Waals surface area contributed by atoms with Crippen LogP contribution in [0.2, 0.25) is 0 Å². The van der Waals surface area contributed by atoms with Crippen LogP contribution in [0.3, 0.4) is 0 Å². The van der Waals surface area contributed by atoms with E-state index in [0.717, 1.165) is 29.3 Å². The fraction of sp³-hybridized carbons (Fsp3) is 0.118. The van der Waals surface area contributed by atoms with Gasteiger partial charge in [0.2, 0.25) is 0 Å². The number of aromatic nitrogens is 1. The smallest absolute Gasteiger partial charge is 0.150 e. The number of aryl methyl sites for hydroxylation is 1. The van der Waals surface area contributed by atoms with Gasteiger partial charge in [0.15, 0.2) is 6.29 Å². The Labute approximate surface area is 112 Å². The van der Waals surface area contributed by atoms with Crippen molar-refractivity contribution in [1.82, 2.24) is 4.57 Å². The summed E-state index contributed by atoms with van der Waals surface area (Å²) in [6.45, 7) is 2.93. The molecule has 2 heteroatoms. The van der Waals surface area contributed by atoms with E-state index in [1.54, 1.807) is 0 Å². The molecule has 1 aromatic heterocycles. The van der Waals surface area contributed by atoms with Crippen LogP contribution in [0.15, 0.2) is 54.7 Å². The molecule has 0 spiro atoms. The Morgan fingerprint density at radius 2 is 1.95 bits per heavy atom. The summed E-state index contributed by atoms with van der Waals surface area (Å²) in [4.78, 5) is 11.0.